The van der Waals surface area contributed by atoms with Gasteiger partial charge in [-0.2, -0.15) is 0 Å². The van der Waals surface area contributed by atoms with Crippen molar-refractivity contribution in [3.05, 3.63) is 24.3 Å². The fourth-order valence-electron chi connectivity index (χ4n) is 6.19. The van der Waals surface area contributed by atoms with Gasteiger partial charge in [0, 0.05) is 12.8 Å². The van der Waals surface area contributed by atoms with Crippen LogP contribution < -0.4 is 0 Å². The van der Waals surface area contributed by atoms with E-state index in [0.717, 1.165) is 64.2 Å². The highest BCUT2D eigenvalue weighted by molar-refractivity contribution is 5.73. The molecule has 0 spiro atoms. The number of allylic oxidation sites excluding steroid dienone is 4. The lowest BCUT2D eigenvalue weighted by Crippen LogP contribution is -2.60. The third-order valence-electron chi connectivity index (χ3n) is 9.55. The molecular formula is C42H74O11. The number of aliphatic hydroxyl groups excluding tert-OH is 3. The number of hydrogen-bond acceptors (Lipinski definition) is 10. The van der Waals surface area contributed by atoms with Crippen molar-refractivity contribution < 1.29 is 53.8 Å². The molecule has 11 heteroatoms. The Morgan fingerprint density at radius 1 is 0.585 bits per heavy atom. The molecule has 0 aromatic carbocycles. The highest BCUT2D eigenvalue weighted by atomic mass is 16.7. The number of carboxylic acid groups (broad SMARTS) is 1. The first-order chi connectivity index (χ1) is 25.7. The quantitative estimate of drug-likeness (QED) is 0.0284. The second-order valence-electron chi connectivity index (χ2n) is 14.5. The van der Waals surface area contributed by atoms with Crippen molar-refractivity contribution >= 4 is 17.9 Å². The number of aliphatic carboxylic acids is 1. The van der Waals surface area contributed by atoms with Crippen molar-refractivity contribution in [3.63, 3.8) is 0 Å². The Morgan fingerprint density at radius 2 is 1.08 bits per heavy atom. The minimum Gasteiger partial charge on any atom is -0.479 e. The second kappa shape index (κ2) is 33.1. The highest BCUT2D eigenvalue weighted by Crippen LogP contribution is 2.23. The summed E-state index contributed by atoms with van der Waals surface area (Å²) in [5.74, 6) is -2.46. The van der Waals surface area contributed by atoms with Crippen LogP contribution in [0.2, 0.25) is 0 Å². The molecule has 1 heterocycles. The second-order valence-corrected chi connectivity index (χ2v) is 14.5. The Balaban J connectivity index is 2.42. The van der Waals surface area contributed by atoms with Crippen LogP contribution in [-0.4, -0.2) is 88.4 Å². The Morgan fingerprint density at radius 3 is 1.62 bits per heavy atom. The first-order valence-electron chi connectivity index (χ1n) is 20.9. The average molecular weight is 755 g/mol. The Labute approximate surface area is 319 Å². The molecule has 4 N–H and O–H groups in total. The standard InChI is InChI=1S/C42H74O11/c1-3-5-7-9-11-13-15-17-19-20-22-24-26-28-30-35(43)50-32-34(33-51-42-39(47)37(45)38(46)40(53-42)41(48)49)52-36(44)31-29-27-25-23-21-18-16-14-12-10-8-6-4-2/h9,11,15,17,34,37-40,42,45-47H,3-8,10,12-14,16,18-33H2,1-2H3,(H,48,49)/b11-9-,17-15-. The third-order valence-corrected chi connectivity index (χ3v) is 9.55. The van der Waals surface area contributed by atoms with Gasteiger partial charge in [0.1, 0.15) is 24.9 Å². The number of rotatable bonds is 34. The van der Waals surface area contributed by atoms with E-state index in [1.807, 2.05) is 0 Å². The Kier molecular flexibility index (Phi) is 30.4. The molecule has 6 atom stereocenters. The summed E-state index contributed by atoms with van der Waals surface area (Å²) in [5.41, 5.74) is 0. The van der Waals surface area contributed by atoms with Gasteiger partial charge in [0.05, 0.1) is 6.61 Å². The van der Waals surface area contributed by atoms with Crippen molar-refractivity contribution in [2.75, 3.05) is 13.2 Å². The van der Waals surface area contributed by atoms with Gasteiger partial charge in [-0.15, -0.1) is 0 Å². The zero-order valence-electron chi connectivity index (χ0n) is 33.0. The number of hydrogen-bond donors (Lipinski definition) is 4. The molecule has 0 radical (unpaired) electrons. The van der Waals surface area contributed by atoms with Gasteiger partial charge in [0.2, 0.25) is 0 Å². The Hall–Kier alpha value is -2.31. The molecule has 1 aliphatic rings. The molecule has 0 aliphatic carbocycles. The van der Waals surface area contributed by atoms with Crippen LogP contribution >= 0.6 is 0 Å². The van der Waals surface area contributed by atoms with Gasteiger partial charge < -0.3 is 39.4 Å². The Bertz CT molecular complexity index is 984. The van der Waals surface area contributed by atoms with E-state index in [-0.39, 0.29) is 19.4 Å². The summed E-state index contributed by atoms with van der Waals surface area (Å²) in [5, 5.41) is 39.7. The predicted octanol–water partition coefficient (Wildman–Crippen LogP) is 8.25. The van der Waals surface area contributed by atoms with Crippen LogP contribution in [0.15, 0.2) is 24.3 Å². The molecule has 11 nitrogen and oxygen atoms in total. The van der Waals surface area contributed by atoms with E-state index in [4.69, 9.17) is 18.9 Å². The molecule has 53 heavy (non-hydrogen) atoms. The summed E-state index contributed by atoms with van der Waals surface area (Å²) in [7, 11) is 0. The lowest BCUT2D eigenvalue weighted by molar-refractivity contribution is -0.298. The maximum atomic E-state index is 12.7. The van der Waals surface area contributed by atoms with Crippen molar-refractivity contribution in [1.82, 2.24) is 0 Å². The molecule has 1 fully saturated rings. The van der Waals surface area contributed by atoms with E-state index in [1.165, 1.54) is 70.6 Å². The predicted molar refractivity (Wildman–Crippen MR) is 206 cm³/mol. The van der Waals surface area contributed by atoms with Crippen molar-refractivity contribution in [3.8, 4) is 0 Å². The van der Waals surface area contributed by atoms with Gasteiger partial charge >= 0.3 is 17.9 Å². The van der Waals surface area contributed by atoms with Crippen LogP contribution in [0.5, 0.6) is 0 Å². The smallest absolute Gasteiger partial charge is 0.335 e. The topological polar surface area (TPSA) is 169 Å². The highest BCUT2D eigenvalue weighted by Gasteiger charge is 2.47. The maximum absolute atomic E-state index is 12.7. The normalized spacial score (nSPS) is 21.0. The van der Waals surface area contributed by atoms with E-state index in [2.05, 4.69) is 38.2 Å². The van der Waals surface area contributed by atoms with Crippen molar-refractivity contribution in [2.45, 2.75) is 211 Å². The lowest BCUT2D eigenvalue weighted by atomic mass is 9.99. The van der Waals surface area contributed by atoms with Crippen LogP contribution in [0.4, 0.5) is 0 Å². The van der Waals surface area contributed by atoms with Crippen molar-refractivity contribution in [1.29, 1.82) is 0 Å². The molecule has 0 saturated carbocycles. The zero-order valence-corrected chi connectivity index (χ0v) is 33.0. The van der Waals surface area contributed by atoms with Crippen LogP contribution in [-0.2, 0) is 33.3 Å². The van der Waals surface area contributed by atoms with Gasteiger partial charge in [-0.1, -0.05) is 147 Å². The first kappa shape index (κ1) is 48.7. The fourth-order valence-corrected chi connectivity index (χ4v) is 6.19. The summed E-state index contributed by atoms with van der Waals surface area (Å²) in [6.45, 7) is 3.75. The van der Waals surface area contributed by atoms with Gasteiger partial charge in [-0.25, -0.2) is 4.79 Å². The number of esters is 2. The average Bonchev–Trinajstić information content (AvgIpc) is 3.14. The molecule has 6 unspecified atom stereocenters. The number of carbonyl (C=O) groups excluding carboxylic acids is 2. The number of carboxylic acids is 1. The fraction of sp³-hybridized carbons (Fsp3) is 0.833. The summed E-state index contributed by atoms with van der Waals surface area (Å²) >= 11 is 0. The maximum Gasteiger partial charge on any atom is 0.335 e. The third kappa shape index (κ3) is 25.4. The molecule has 0 aromatic heterocycles. The minimum atomic E-state index is -1.86. The zero-order chi connectivity index (χ0) is 38.9. The number of unbranched alkanes of at least 4 members (excludes halogenated alkanes) is 19. The molecule has 1 saturated heterocycles. The van der Waals surface area contributed by atoms with Crippen LogP contribution in [0.25, 0.3) is 0 Å². The van der Waals surface area contributed by atoms with E-state index < -0.39 is 61.3 Å². The lowest BCUT2D eigenvalue weighted by Gasteiger charge is -2.38. The molecule has 1 aliphatic heterocycles. The molecule has 1 rings (SSSR count). The number of ether oxygens (including phenoxy) is 4. The molecule has 0 amide bonds. The summed E-state index contributed by atoms with van der Waals surface area (Å²) in [6.07, 6.45) is 25.2. The summed E-state index contributed by atoms with van der Waals surface area (Å²) in [6, 6.07) is 0. The molecule has 308 valence electrons. The summed E-state index contributed by atoms with van der Waals surface area (Å²) < 4.78 is 21.7. The van der Waals surface area contributed by atoms with Gasteiger partial charge in [0.25, 0.3) is 0 Å². The SMILES string of the molecule is CCCC/C=C\C/C=C\CCCCCCCC(=O)OCC(COC1OC(C(=O)O)C(O)C(O)C1O)OC(=O)CCCCCCCCCCCCCCC. The van der Waals surface area contributed by atoms with Crippen LogP contribution in [0.3, 0.4) is 0 Å². The van der Waals surface area contributed by atoms with Gasteiger partial charge in [0.15, 0.2) is 18.5 Å². The number of aliphatic hydroxyl groups is 3. The van der Waals surface area contributed by atoms with Crippen LogP contribution in [0, 0.1) is 0 Å². The summed E-state index contributed by atoms with van der Waals surface area (Å²) in [4.78, 5) is 36.7. The van der Waals surface area contributed by atoms with E-state index >= 15 is 0 Å². The van der Waals surface area contributed by atoms with Gasteiger partial charge in [-0.3, -0.25) is 9.59 Å². The molecule has 0 aromatic rings. The van der Waals surface area contributed by atoms with E-state index in [9.17, 15) is 34.8 Å². The van der Waals surface area contributed by atoms with Gasteiger partial charge in [-0.05, 0) is 38.5 Å². The van der Waals surface area contributed by atoms with Crippen molar-refractivity contribution in [2.24, 2.45) is 0 Å². The van der Waals surface area contributed by atoms with E-state index in [0.29, 0.717) is 12.8 Å². The van der Waals surface area contributed by atoms with E-state index in [1.54, 1.807) is 0 Å². The monoisotopic (exact) mass is 755 g/mol. The minimum absolute atomic E-state index is 0.183. The number of carbonyl (C=O) groups is 3. The first-order valence-corrected chi connectivity index (χ1v) is 20.9. The van der Waals surface area contributed by atoms with Crippen LogP contribution in [0.1, 0.15) is 174 Å². The molecular weight excluding hydrogens is 680 g/mol. The largest absolute Gasteiger partial charge is 0.479 e. The molecule has 0 bridgehead atoms.